The molecule has 0 rings (SSSR count). The van der Waals surface area contributed by atoms with Crippen LogP contribution in [0.3, 0.4) is 0 Å². The zero-order chi connectivity index (χ0) is 15.5. The van der Waals surface area contributed by atoms with E-state index in [1.54, 1.807) is 0 Å². The molecule has 0 aliphatic heterocycles. The summed E-state index contributed by atoms with van der Waals surface area (Å²) in [5, 5.41) is 0. The summed E-state index contributed by atoms with van der Waals surface area (Å²) < 4.78 is 10.2. The largest absolute Gasteiger partial charge is 0.510 e. The molecule has 0 aromatic heterocycles. The van der Waals surface area contributed by atoms with E-state index in [4.69, 9.17) is 22.3 Å². The van der Waals surface area contributed by atoms with Crippen LogP contribution < -0.4 is 0 Å². The molecule has 0 aromatic rings. The molecule has 0 fully saturated rings. The van der Waals surface area contributed by atoms with Crippen molar-refractivity contribution in [1.82, 2.24) is 0 Å². The first-order valence-corrected chi connectivity index (χ1v) is 7.18. The Morgan fingerprint density at radius 3 is 1.45 bits per heavy atom. The summed E-state index contributed by atoms with van der Waals surface area (Å²) in [5.41, 5.74) is 0. The first-order valence-electron chi connectivity index (χ1n) is 7.18. The Balaban J connectivity index is 4.17. The minimum Gasteiger partial charge on any atom is -0.418 e. The summed E-state index contributed by atoms with van der Waals surface area (Å²) in [7, 11) is 0. The molecule has 0 aliphatic rings. The Morgan fingerprint density at radius 2 is 1.20 bits per heavy atom. The zero-order valence-corrected chi connectivity index (χ0v) is 13.0. The fourth-order valence-electron chi connectivity index (χ4n) is 1.58. The van der Waals surface area contributed by atoms with E-state index in [2.05, 4.69) is 39.5 Å². The van der Waals surface area contributed by atoms with E-state index < -0.39 is 18.4 Å². The first kappa shape index (κ1) is 18.4. The molecule has 0 amide bonds. The van der Waals surface area contributed by atoms with Gasteiger partial charge in [-0.15, -0.1) is 12.8 Å². The van der Waals surface area contributed by atoms with Crippen LogP contribution in [0.2, 0.25) is 0 Å². The van der Waals surface area contributed by atoms with Crippen LogP contribution in [0.15, 0.2) is 0 Å². The van der Waals surface area contributed by atoms with E-state index in [0.717, 1.165) is 12.8 Å². The van der Waals surface area contributed by atoms with Crippen molar-refractivity contribution in [3.05, 3.63) is 0 Å². The Kier molecular flexibility index (Phi) is 9.39. The smallest absolute Gasteiger partial charge is 0.418 e. The van der Waals surface area contributed by atoms with Crippen LogP contribution in [-0.4, -0.2) is 18.4 Å². The van der Waals surface area contributed by atoms with Gasteiger partial charge in [0.15, 0.2) is 12.2 Å². The number of carbonyl (C=O) groups excluding carboxylic acids is 1. The Morgan fingerprint density at radius 1 is 0.850 bits per heavy atom. The molecule has 3 heteroatoms. The van der Waals surface area contributed by atoms with Crippen molar-refractivity contribution in [3.8, 4) is 24.7 Å². The van der Waals surface area contributed by atoms with Crippen LogP contribution in [-0.2, 0) is 9.47 Å². The number of hydrogen-bond donors (Lipinski definition) is 0. The van der Waals surface area contributed by atoms with Crippen molar-refractivity contribution >= 4 is 6.16 Å². The monoisotopic (exact) mass is 278 g/mol. The molecule has 0 saturated heterocycles. The molecule has 0 saturated carbocycles. The number of rotatable bonds is 8. The Bertz CT molecular complexity index is 323. The molecular weight excluding hydrogens is 252 g/mol. The summed E-state index contributed by atoms with van der Waals surface area (Å²) in [6.45, 7) is 8.36. The lowest BCUT2D eigenvalue weighted by molar-refractivity contribution is 0.0200. The second-order valence-corrected chi connectivity index (χ2v) is 5.74. The van der Waals surface area contributed by atoms with E-state index >= 15 is 0 Å². The standard InChI is InChI=1S/C17H26O3/c1-7-15(11-9-13(3)4)19-17(18)20-16(8-2)12-10-14(5)6/h1-2,13-16H,9-12H2,3-6H3. The predicted octanol–water partition coefficient (Wildman–Crippen LogP) is 4.02. The van der Waals surface area contributed by atoms with E-state index in [1.807, 2.05) is 0 Å². The van der Waals surface area contributed by atoms with Gasteiger partial charge < -0.3 is 9.47 Å². The van der Waals surface area contributed by atoms with Crippen molar-refractivity contribution in [2.75, 3.05) is 0 Å². The minimum absolute atomic E-state index is 0.509. The highest BCUT2D eigenvalue weighted by Gasteiger charge is 2.17. The third-order valence-corrected chi connectivity index (χ3v) is 2.86. The van der Waals surface area contributed by atoms with Gasteiger partial charge in [-0.3, -0.25) is 0 Å². The highest BCUT2D eigenvalue weighted by molar-refractivity contribution is 5.61. The zero-order valence-electron chi connectivity index (χ0n) is 13.0. The summed E-state index contributed by atoms with van der Waals surface area (Å²) >= 11 is 0. The highest BCUT2D eigenvalue weighted by atomic mass is 16.7. The third kappa shape index (κ3) is 9.34. The lowest BCUT2D eigenvalue weighted by atomic mass is 10.1. The van der Waals surface area contributed by atoms with Gasteiger partial charge in [0.2, 0.25) is 0 Å². The van der Waals surface area contributed by atoms with Gasteiger partial charge >= 0.3 is 6.16 Å². The summed E-state index contributed by atoms with van der Waals surface area (Å²) in [4.78, 5) is 11.6. The van der Waals surface area contributed by atoms with Crippen molar-refractivity contribution in [2.24, 2.45) is 11.8 Å². The molecule has 2 unspecified atom stereocenters. The quantitative estimate of drug-likeness (QED) is 0.497. The maximum Gasteiger partial charge on any atom is 0.510 e. The summed E-state index contributed by atoms with van der Waals surface area (Å²) in [5.74, 6) is 5.93. The minimum atomic E-state index is -0.775. The van der Waals surface area contributed by atoms with Crippen molar-refractivity contribution in [2.45, 2.75) is 65.6 Å². The Hall–Kier alpha value is -1.61. The molecule has 0 radical (unpaired) electrons. The molecular formula is C17H26O3. The predicted molar refractivity (Wildman–Crippen MR) is 81.0 cm³/mol. The SMILES string of the molecule is C#CC(CCC(C)C)OC(=O)OC(C#C)CCC(C)C. The van der Waals surface area contributed by atoms with Gasteiger partial charge in [-0.25, -0.2) is 4.79 Å². The van der Waals surface area contributed by atoms with Crippen LogP contribution in [0.25, 0.3) is 0 Å². The van der Waals surface area contributed by atoms with E-state index in [0.29, 0.717) is 24.7 Å². The van der Waals surface area contributed by atoms with Crippen LogP contribution >= 0.6 is 0 Å². The van der Waals surface area contributed by atoms with Gasteiger partial charge in [-0.05, 0) is 37.5 Å². The Labute approximate surface area is 123 Å². The van der Waals surface area contributed by atoms with Crippen LogP contribution in [0.5, 0.6) is 0 Å². The average molecular weight is 278 g/mol. The van der Waals surface area contributed by atoms with Gasteiger partial charge in [-0.1, -0.05) is 39.5 Å². The molecule has 0 bridgehead atoms. The van der Waals surface area contributed by atoms with E-state index in [1.165, 1.54) is 0 Å². The topological polar surface area (TPSA) is 35.5 Å². The number of carbonyl (C=O) groups is 1. The number of ether oxygens (including phenoxy) is 2. The van der Waals surface area contributed by atoms with Crippen LogP contribution in [0, 0.1) is 36.5 Å². The molecule has 0 aliphatic carbocycles. The normalized spacial score (nSPS) is 13.4. The second-order valence-electron chi connectivity index (χ2n) is 5.74. The molecule has 112 valence electrons. The van der Waals surface area contributed by atoms with Gasteiger partial charge in [0.05, 0.1) is 0 Å². The van der Waals surface area contributed by atoms with Crippen molar-refractivity contribution in [3.63, 3.8) is 0 Å². The average Bonchev–Trinajstić information content (AvgIpc) is 2.38. The van der Waals surface area contributed by atoms with Crippen LogP contribution in [0.1, 0.15) is 53.4 Å². The van der Waals surface area contributed by atoms with Crippen LogP contribution in [0.4, 0.5) is 4.79 Å². The molecule has 0 heterocycles. The second kappa shape index (κ2) is 10.2. The molecule has 0 N–H and O–H groups in total. The maximum atomic E-state index is 11.6. The van der Waals surface area contributed by atoms with E-state index in [-0.39, 0.29) is 0 Å². The molecule has 2 atom stereocenters. The molecule has 20 heavy (non-hydrogen) atoms. The first-order chi connectivity index (χ1) is 9.38. The molecule has 0 spiro atoms. The van der Waals surface area contributed by atoms with Gasteiger partial charge in [0.1, 0.15) is 0 Å². The highest BCUT2D eigenvalue weighted by Crippen LogP contribution is 2.12. The molecule has 0 aromatic carbocycles. The van der Waals surface area contributed by atoms with Gasteiger partial charge in [0, 0.05) is 0 Å². The summed E-state index contributed by atoms with van der Waals surface area (Å²) in [6.07, 6.45) is 11.9. The maximum absolute atomic E-state index is 11.6. The van der Waals surface area contributed by atoms with Crippen molar-refractivity contribution < 1.29 is 14.3 Å². The number of hydrogen-bond acceptors (Lipinski definition) is 3. The van der Waals surface area contributed by atoms with E-state index in [9.17, 15) is 4.79 Å². The van der Waals surface area contributed by atoms with Crippen molar-refractivity contribution in [1.29, 1.82) is 0 Å². The lowest BCUT2D eigenvalue weighted by Crippen LogP contribution is -2.23. The number of terminal acetylenes is 2. The van der Waals surface area contributed by atoms with Gasteiger partial charge in [-0.2, -0.15) is 0 Å². The summed E-state index contributed by atoms with van der Waals surface area (Å²) in [6, 6.07) is 0. The fourth-order valence-corrected chi connectivity index (χ4v) is 1.58. The fraction of sp³-hybridized carbons (Fsp3) is 0.706. The lowest BCUT2D eigenvalue weighted by Gasteiger charge is -2.16. The third-order valence-electron chi connectivity index (χ3n) is 2.86. The van der Waals surface area contributed by atoms with Gasteiger partial charge in [0.25, 0.3) is 0 Å². The molecule has 3 nitrogen and oxygen atoms in total.